The normalized spacial score (nSPS) is 18.7. The molecule has 1 atom stereocenters. The van der Waals surface area contributed by atoms with E-state index in [4.69, 9.17) is 10.5 Å². The van der Waals surface area contributed by atoms with Gasteiger partial charge in [0.2, 0.25) is 0 Å². The number of ether oxygens (including phenoxy) is 1. The molecule has 1 aliphatic heterocycles. The number of piperidine rings is 1. The summed E-state index contributed by atoms with van der Waals surface area (Å²) >= 11 is 0. The van der Waals surface area contributed by atoms with Gasteiger partial charge in [-0.3, -0.25) is 9.59 Å². The molecule has 2 N–H and O–H groups in total. The van der Waals surface area contributed by atoms with E-state index in [-0.39, 0.29) is 24.0 Å². The monoisotopic (exact) mass is 280 g/mol. The Bertz CT molecular complexity index is 533. The average molecular weight is 280 g/mol. The summed E-state index contributed by atoms with van der Waals surface area (Å²) in [6.07, 6.45) is 1.37. The Morgan fingerprint density at radius 3 is 2.90 bits per heavy atom. The van der Waals surface area contributed by atoms with Crippen molar-refractivity contribution in [3.05, 3.63) is 29.6 Å². The van der Waals surface area contributed by atoms with Gasteiger partial charge in [-0.2, -0.15) is 0 Å². The van der Waals surface area contributed by atoms with Crippen molar-refractivity contribution < 1.29 is 18.7 Å². The lowest BCUT2D eigenvalue weighted by Gasteiger charge is -2.31. The number of esters is 1. The zero-order valence-electron chi connectivity index (χ0n) is 11.3. The second-order valence-electron chi connectivity index (χ2n) is 4.85. The van der Waals surface area contributed by atoms with E-state index in [9.17, 15) is 14.0 Å². The van der Waals surface area contributed by atoms with E-state index in [2.05, 4.69) is 0 Å². The van der Waals surface area contributed by atoms with Crippen molar-refractivity contribution in [1.29, 1.82) is 0 Å². The lowest BCUT2D eigenvalue weighted by molar-refractivity contribution is -0.146. The summed E-state index contributed by atoms with van der Waals surface area (Å²) in [5.41, 5.74) is 5.85. The molecule has 20 heavy (non-hydrogen) atoms. The highest BCUT2D eigenvalue weighted by Crippen LogP contribution is 2.21. The number of halogens is 1. The smallest absolute Gasteiger partial charge is 0.310 e. The molecule has 0 radical (unpaired) electrons. The fourth-order valence-corrected chi connectivity index (χ4v) is 2.40. The highest BCUT2D eigenvalue weighted by atomic mass is 19.1. The molecule has 1 aliphatic rings. The van der Waals surface area contributed by atoms with Gasteiger partial charge in [-0.05, 0) is 31.0 Å². The van der Waals surface area contributed by atoms with Gasteiger partial charge < -0.3 is 15.4 Å². The molecule has 2 rings (SSSR count). The Hall–Kier alpha value is -2.11. The zero-order valence-corrected chi connectivity index (χ0v) is 11.3. The number of hydrogen-bond acceptors (Lipinski definition) is 4. The van der Waals surface area contributed by atoms with Crippen molar-refractivity contribution in [3.63, 3.8) is 0 Å². The fraction of sp³-hybridized carbons (Fsp3) is 0.429. The van der Waals surface area contributed by atoms with Crippen molar-refractivity contribution >= 4 is 17.6 Å². The molecule has 5 nitrogen and oxygen atoms in total. The number of nitrogen functional groups attached to an aromatic ring is 1. The van der Waals surface area contributed by atoms with Gasteiger partial charge in [-0.1, -0.05) is 0 Å². The predicted molar refractivity (Wildman–Crippen MR) is 71.5 cm³/mol. The van der Waals surface area contributed by atoms with Crippen LogP contribution in [0.5, 0.6) is 0 Å². The van der Waals surface area contributed by atoms with Crippen LogP contribution in [0.4, 0.5) is 10.1 Å². The number of amides is 1. The third-order valence-corrected chi connectivity index (χ3v) is 3.46. The first-order valence-corrected chi connectivity index (χ1v) is 6.45. The second kappa shape index (κ2) is 5.90. The summed E-state index contributed by atoms with van der Waals surface area (Å²) < 4.78 is 18.4. The SMILES string of the molecule is COC(=O)C1CCCN(C(=O)c2cc(N)ccc2F)C1. The van der Waals surface area contributed by atoms with E-state index in [0.29, 0.717) is 25.1 Å². The van der Waals surface area contributed by atoms with Gasteiger partial charge in [0.05, 0.1) is 18.6 Å². The lowest BCUT2D eigenvalue weighted by atomic mass is 9.97. The van der Waals surface area contributed by atoms with Crippen LogP contribution in [0.25, 0.3) is 0 Å². The molecule has 1 aromatic rings. The number of nitrogens with two attached hydrogens (primary N) is 1. The molecule has 0 aliphatic carbocycles. The molecule has 0 saturated carbocycles. The molecule has 0 spiro atoms. The van der Waals surface area contributed by atoms with E-state index in [0.717, 1.165) is 0 Å². The van der Waals surface area contributed by atoms with Gasteiger partial charge in [-0.25, -0.2) is 4.39 Å². The minimum atomic E-state index is -0.607. The number of hydrogen-bond donors (Lipinski definition) is 1. The Kier molecular flexibility index (Phi) is 4.22. The van der Waals surface area contributed by atoms with Crippen LogP contribution in [0.15, 0.2) is 18.2 Å². The molecular weight excluding hydrogens is 263 g/mol. The number of carbonyl (C=O) groups excluding carboxylic acids is 2. The maximum atomic E-state index is 13.7. The first-order valence-electron chi connectivity index (χ1n) is 6.45. The average Bonchev–Trinajstić information content (AvgIpc) is 2.48. The van der Waals surface area contributed by atoms with Crippen LogP contribution < -0.4 is 5.73 Å². The van der Waals surface area contributed by atoms with Crippen LogP contribution >= 0.6 is 0 Å². The van der Waals surface area contributed by atoms with Crippen LogP contribution in [0, 0.1) is 11.7 Å². The topological polar surface area (TPSA) is 72.6 Å². The second-order valence-corrected chi connectivity index (χ2v) is 4.85. The molecule has 1 saturated heterocycles. The Balaban J connectivity index is 2.16. The highest BCUT2D eigenvalue weighted by molar-refractivity contribution is 5.95. The van der Waals surface area contributed by atoms with Crippen LogP contribution in [0.1, 0.15) is 23.2 Å². The number of benzene rings is 1. The number of anilines is 1. The molecule has 0 bridgehead atoms. The summed E-state index contributed by atoms with van der Waals surface area (Å²) in [5, 5.41) is 0. The lowest BCUT2D eigenvalue weighted by Crippen LogP contribution is -2.42. The molecule has 108 valence electrons. The fourth-order valence-electron chi connectivity index (χ4n) is 2.40. The van der Waals surface area contributed by atoms with Crippen molar-refractivity contribution in [3.8, 4) is 0 Å². The molecule has 1 aromatic carbocycles. The Morgan fingerprint density at radius 1 is 1.45 bits per heavy atom. The van der Waals surface area contributed by atoms with Gasteiger partial charge in [-0.15, -0.1) is 0 Å². The predicted octanol–water partition coefficient (Wildman–Crippen LogP) is 1.43. The molecule has 1 fully saturated rings. The number of nitrogens with zero attached hydrogens (tertiary/aromatic N) is 1. The number of likely N-dealkylation sites (tertiary alicyclic amines) is 1. The van der Waals surface area contributed by atoms with Crippen LogP contribution in [-0.2, 0) is 9.53 Å². The largest absolute Gasteiger partial charge is 0.469 e. The van der Waals surface area contributed by atoms with Crippen LogP contribution in [0.2, 0.25) is 0 Å². The van der Waals surface area contributed by atoms with E-state index in [1.807, 2.05) is 0 Å². The summed E-state index contributed by atoms with van der Waals surface area (Å²) in [4.78, 5) is 25.3. The molecule has 1 unspecified atom stereocenters. The van der Waals surface area contributed by atoms with Crippen molar-refractivity contribution in [2.24, 2.45) is 5.92 Å². The number of rotatable bonds is 2. The maximum absolute atomic E-state index is 13.7. The molecule has 0 aromatic heterocycles. The minimum absolute atomic E-state index is 0.0597. The van der Waals surface area contributed by atoms with Crippen molar-refractivity contribution in [2.75, 3.05) is 25.9 Å². The summed E-state index contributed by atoms with van der Waals surface area (Å²) in [5.74, 6) is -1.73. The minimum Gasteiger partial charge on any atom is -0.469 e. The van der Waals surface area contributed by atoms with Gasteiger partial charge in [0.15, 0.2) is 0 Å². The van der Waals surface area contributed by atoms with E-state index in [1.165, 1.54) is 30.2 Å². The quantitative estimate of drug-likeness (QED) is 0.657. The van der Waals surface area contributed by atoms with Crippen molar-refractivity contribution in [1.82, 2.24) is 4.90 Å². The van der Waals surface area contributed by atoms with E-state index < -0.39 is 11.7 Å². The number of methoxy groups -OCH3 is 1. The first kappa shape index (κ1) is 14.3. The summed E-state index contributed by atoms with van der Waals surface area (Å²) in [7, 11) is 1.32. The zero-order chi connectivity index (χ0) is 14.7. The Labute approximate surface area is 116 Å². The van der Waals surface area contributed by atoms with E-state index in [1.54, 1.807) is 0 Å². The first-order chi connectivity index (χ1) is 9.52. The van der Waals surface area contributed by atoms with Crippen LogP contribution in [0.3, 0.4) is 0 Å². The van der Waals surface area contributed by atoms with E-state index >= 15 is 0 Å². The van der Waals surface area contributed by atoms with Gasteiger partial charge in [0.25, 0.3) is 5.91 Å². The van der Waals surface area contributed by atoms with Gasteiger partial charge in [0.1, 0.15) is 5.82 Å². The summed E-state index contributed by atoms with van der Waals surface area (Å²) in [6, 6.07) is 3.89. The molecule has 1 heterocycles. The third kappa shape index (κ3) is 2.89. The van der Waals surface area contributed by atoms with Gasteiger partial charge >= 0.3 is 5.97 Å². The van der Waals surface area contributed by atoms with Gasteiger partial charge in [0, 0.05) is 18.8 Å². The highest BCUT2D eigenvalue weighted by Gasteiger charge is 2.30. The molecule has 6 heteroatoms. The van der Waals surface area contributed by atoms with Crippen LogP contribution in [-0.4, -0.2) is 37.0 Å². The molecule has 1 amide bonds. The maximum Gasteiger partial charge on any atom is 0.310 e. The van der Waals surface area contributed by atoms with Crippen molar-refractivity contribution in [2.45, 2.75) is 12.8 Å². The third-order valence-electron chi connectivity index (χ3n) is 3.46. The molecular formula is C14H17FN2O3. The summed E-state index contributed by atoms with van der Waals surface area (Å²) in [6.45, 7) is 0.750. The number of carbonyl (C=O) groups is 2. The Morgan fingerprint density at radius 2 is 2.20 bits per heavy atom. The standard InChI is InChI=1S/C14H17FN2O3/c1-20-14(19)9-3-2-6-17(8-9)13(18)11-7-10(16)4-5-12(11)15/h4-5,7,9H,2-3,6,8,16H2,1H3.